The highest BCUT2D eigenvalue weighted by atomic mass is 19.1. The Balaban J connectivity index is 0.000000238. The zero-order valence-corrected chi connectivity index (χ0v) is 38.9. The van der Waals surface area contributed by atoms with E-state index in [1.807, 2.05) is 79.7 Å². The average Bonchev–Trinajstić information content (AvgIpc) is 3.31. The lowest BCUT2D eigenvalue weighted by Crippen LogP contribution is -2.32. The summed E-state index contributed by atoms with van der Waals surface area (Å²) in [7, 11) is 0. The van der Waals surface area contributed by atoms with Gasteiger partial charge in [0, 0.05) is 35.8 Å². The van der Waals surface area contributed by atoms with Crippen molar-refractivity contribution in [2.45, 2.75) is 149 Å². The van der Waals surface area contributed by atoms with Crippen molar-refractivity contribution in [2.75, 3.05) is 39.6 Å². The molecule has 4 aromatic carbocycles. The zero-order valence-electron chi connectivity index (χ0n) is 38.9. The molecule has 0 atom stereocenters. The molecule has 6 nitrogen and oxygen atoms in total. The van der Waals surface area contributed by atoms with Gasteiger partial charge in [0.05, 0.1) is 39.6 Å². The SMILES string of the molecule is CCCCCCCC1COC(CCc2ccc(-c3ccc(OCC)cc3)c(F)c2)OC1.CCCCCCCC1COC(CCc2ccc(-c3ccc(OCCC)cc3)c(F)c2)OC1. The van der Waals surface area contributed by atoms with E-state index in [9.17, 15) is 8.78 Å². The third kappa shape index (κ3) is 17.9. The summed E-state index contributed by atoms with van der Waals surface area (Å²) in [5.41, 5.74) is 4.88. The highest BCUT2D eigenvalue weighted by Gasteiger charge is 2.23. The van der Waals surface area contributed by atoms with Gasteiger partial charge >= 0.3 is 0 Å². The van der Waals surface area contributed by atoms with Gasteiger partial charge in [0.1, 0.15) is 23.1 Å². The summed E-state index contributed by atoms with van der Waals surface area (Å²) < 4.78 is 64.2. The van der Waals surface area contributed by atoms with E-state index in [4.69, 9.17) is 28.4 Å². The molecule has 0 amide bonds. The van der Waals surface area contributed by atoms with Gasteiger partial charge in [-0.3, -0.25) is 0 Å². The predicted molar refractivity (Wildman–Crippen MR) is 252 cm³/mol. The van der Waals surface area contributed by atoms with Crippen molar-refractivity contribution in [3.8, 4) is 33.8 Å². The van der Waals surface area contributed by atoms with E-state index in [-0.39, 0.29) is 24.2 Å². The first-order valence-corrected chi connectivity index (χ1v) is 24.4. The van der Waals surface area contributed by atoms with Crippen molar-refractivity contribution < 1.29 is 37.2 Å². The van der Waals surface area contributed by atoms with Crippen molar-refractivity contribution in [1.82, 2.24) is 0 Å². The number of ether oxygens (including phenoxy) is 6. The number of hydrogen-bond acceptors (Lipinski definition) is 6. The van der Waals surface area contributed by atoms with Crippen LogP contribution in [0.3, 0.4) is 0 Å². The number of aryl methyl sites for hydroxylation is 2. The monoisotopic (exact) mass is 871 g/mol. The second-order valence-electron chi connectivity index (χ2n) is 17.4. The Morgan fingerprint density at radius 3 is 1.25 bits per heavy atom. The molecule has 0 unspecified atom stereocenters. The van der Waals surface area contributed by atoms with E-state index in [2.05, 4.69) is 20.8 Å². The molecule has 0 aliphatic carbocycles. The predicted octanol–water partition coefficient (Wildman–Crippen LogP) is 14.7. The summed E-state index contributed by atoms with van der Waals surface area (Å²) in [5, 5.41) is 0. The maximum absolute atomic E-state index is 14.8. The molecule has 2 aliphatic rings. The Hall–Kier alpha value is -3.82. The van der Waals surface area contributed by atoms with Gasteiger partial charge in [0.25, 0.3) is 0 Å². The molecule has 0 bridgehead atoms. The van der Waals surface area contributed by atoms with Crippen LogP contribution in [0.1, 0.15) is 135 Å². The fourth-order valence-corrected chi connectivity index (χ4v) is 8.22. The van der Waals surface area contributed by atoms with Crippen LogP contribution in [0.15, 0.2) is 84.9 Å². The molecule has 63 heavy (non-hydrogen) atoms. The van der Waals surface area contributed by atoms with E-state index < -0.39 is 0 Å². The fraction of sp³-hybridized carbons (Fsp3) is 0.564. The average molecular weight is 871 g/mol. The van der Waals surface area contributed by atoms with Crippen LogP contribution in [-0.2, 0) is 31.8 Å². The first-order chi connectivity index (χ1) is 30.9. The summed E-state index contributed by atoms with van der Waals surface area (Å²) >= 11 is 0. The van der Waals surface area contributed by atoms with Gasteiger partial charge in [0.2, 0.25) is 0 Å². The molecular weight excluding hydrogens is 795 g/mol. The van der Waals surface area contributed by atoms with Crippen LogP contribution in [0.25, 0.3) is 22.3 Å². The van der Waals surface area contributed by atoms with Gasteiger partial charge in [-0.1, -0.05) is 134 Å². The number of halogens is 2. The lowest BCUT2D eigenvalue weighted by atomic mass is 10.00. The maximum atomic E-state index is 14.8. The molecule has 2 heterocycles. The molecule has 2 fully saturated rings. The van der Waals surface area contributed by atoms with Crippen LogP contribution in [0.2, 0.25) is 0 Å². The summed E-state index contributed by atoms with van der Waals surface area (Å²) in [6.45, 7) is 12.9. The van der Waals surface area contributed by atoms with Crippen LogP contribution < -0.4 is 9.47 Å². The van der Waals surface area contributed by atoms with E-state index >= 15 is 0 Å². The lowest BCUT2D eigenvalue weighted by Gasteiger charge is -2.29. The highest BCUT2D eigenvalue weighted by Crippen LogP contribution is 2.29. The van der Waals surface area contributed by atoms with Gasteiger partial charge < -0.3 is 28.4 Å². The molecule has 2 saturated heterocycles. The van der Waals surface area contributed by atoms with Gasteiger partial charge in [-0.15, -0.1) is 0 Å². The minimum atomic E-state index is -0.199. The Morgan fingerprint density at radius 1 is 0.460 bits per heavy atom. The van der Waals surface area contributed by atoms with E-state index in [1.165, 1.54) is 77.0 Å². The number of benzene rings is 4. The van der Waals surface area contributed by atoms with Crippen LogP contribution in [0, 0.1) is 23.5 Å². The van der Waals surface area contributed by atoms with Gasteiger partial charge in [0.15, 0.2) is 12.6 Å². The Kier molecular flexibility index (Phi) is 23.0. The maximum Gasteiger partial charge on any atom is 0.157 e. The van der Waals surface area contributed by atoms with Gasteiger partial charge in [-0.25, -0.2) is 8.78 Å². The largest absolute Gasteiger partial charge is 0.494 e. The van der Waals surface area contributed by atoms with E-state index in [1.54, 1.807) is 12.1 Å². The normalized spacial score (nSPS) is 18.7. The van der Waals surface area contributed by atoms with Gasteiger partial charge in [-0.2, -0.15) is 0 Å². The molecule has 0 aromatic heterocycles. The summed E-state index contributed by atoms with van der Waals surface area (Å²) in [6.07, 6.45) is 19.1. The molecule has 2 aliphatic heterocycles. The number of rotatable bonds is 25. The van der Waals surface area contributed by atoms with E-state index in [0.29, 0.717) is 36.2 Å². The van der Waals surface area contributed by atoms with Crippen LogP contribution in [0.5, 0.6) is 11.5 Å². The lowest BCUT2D eigenvalue weighted by molar-refractivity contribution is -0.203. The topological polar surface area (TPSA) is 55.4 Å². The Labute approximate surface area is 378 Å². The fourth-order valence-electron chi connectivity index (χ4n) is 8.22. The minimum absolute atomic E-state index is 0.176. The summed E-state index contributed by atoms with van der Waals surface area (Å²) in [5.74, 6) is 2.26. The van der Waals surface area contributed by atoms with Crippen LogP contribution in [0.4, 0.5) is 8.78 Å². The smallest absolute Gasteiger partial charge is 0.157 e. The number of hydrogen-bond donors (Lipinski definition) is 0. The first kappa shape index (κ1) is 50.2. The highest BCUT2D eigenvalue weighted by molar-refractivity contribution is 5.66. The van der Waals surface area contributed by atoms with Crippen molar-refractivity contribution in [3.05, 3.63) is 108 Å². The zero-order chi connectivity index (χ0) is 44.5. The molecule has 0 spiro atoms. The Bertz CT molecular complexity index is 1820. The third-order valence-corrected chi connectivity index (χ3v) is 12.0. The standard InChI is InChI=1S/C28H39FO3.C27H37FO3/c1-3-5-6-7-8-9-23-20-31-28(32-21-23)17-11-22-10-16-26(27(29)19-22)24-12-14-25(15-13-24)30-18-4-2;1-3-5-6-7-8-9-22-19-30-27(31-20-22)17-11-21-10-16-25(26(28)18-21)23-12-14-24(15-13-23)29-4-2/h10,12-16,19,23,28H,3-9,11,17-18,20-21H2,1-2H3;10,12-16,18,22,27H,3-9,11,17,19-20H2,1-2H3. The summed E-state index contributed by atoms with van der Waals surface area (Å²) in [4.78, 5) is 0. The van der Waals surface area contributed by atoms with Gasteiger partial charge in [-0.05, 0) is 97.7 Å². The second kappa shape index (κ2) is 28.9. The first-order valence-electron chi connectivity index (χ1n) is 24.4. The molecule has 4 aromatic rings. The molecule has 0 radical (unpaired) electrons. The summed E-state index contributed by atoms with van der Waals surface area (Å²) in [6, 6.07) is 26.2. The number of unbranched alkanes of at least 4 members (excludes halogenated alkanes) is 8. The second-order valence-corrected chi connectivity index (χ2v) is 17.4. The molecule has 6 rings (SSSR count). The van der Waals surface area contributed by atoms with Crippen LogP contribution >= 0.6 is 0 Å². The van der Waals surface area contributed by atoms with E-state index in [0.717, 1.165) is 92.3 Å². The molecule has 0 saturated carbocycles. The van der Waals surface area contributed by atoms with Crippen molar-refractivity contribution >= 4 is 0 Å². The van der Waals surface area contributed by atoms with Crippen LogP contribution in [-0.4, -0.2) is 52.2 Å². The van der Waals surface area contributed by atoms with Crippen molar-refractivity contribution in [3.63, 3.8) is 0 Å². The minimum Gasteiger partial charge on any atom is -0.494 e. The Morgan fingerprint density at radius 2 is 0.873 bits per heavy atom. The third-order valence-electron chi connectivity index (χ3n) is 12.0. The molecule has 346 valence electrons. The van der Waals surface area contributed by atoms with Crippen molar-refractivity contribution in [1.29, 1.82) is 0 Å². The molecular formula is C55H76F2O6. The van der Waals surface area contributed by atoms with Crippen molar-refractivity contribution in [2.24, 2.45) is 11.8 Å². The quantitative estimate of drug-likeness (QED) is 0.0619. The molecule has 8 heteroatoms. The molecule has 0 N–H and O–H groups in total.